The molecule has 3 fully saturated rings. The van der Waals surface area contributed by atoms with Crippen molar-refractivity contribution in [3.05, 3.63) is 0 Å². The SMILES string of the molecule is O=BCN1CC2CCC1C(C=O)C2. The van der Waals surface area contributed by atoms with Gasteiger partial charge in [0.1, 0.15) is 0 Å². The summed E-state index contributed by atoms with van der Waals surface area (Å²) >= 11 is 0. The Morgan fingerprint density at radius 2 is 2.31 bits per heavy atom. The second-order valence-corrected chi connectivity index (χ2v) is 4.17. The molecule has 3 rings (SSSR count). The monoisotopic (exact) mass is 179 g/mol. The maximum absolute atomic E-state index is 10.8. The number of rotatable bonds is 3. The fraction of sp³-hybridized carbons (Fsp3) is 0.889. The first-order chi connectivity index (χ1) is 6.35. The van der Waals surface area contributed by atoms with Gasteiger partial charge < -0.3 is 0 Å². The van der Waals surface area contributed by atoms with Crippen molar-refractivity contribution in [1.82, 2.24) is 4.90 Å². The molecular formula is C9H14BNO2. The first kappa shape index (κ1) is 9.07. The van der Waals surface area contributed by atoms with E-state index in [1.54, 1.807) is 0 Å². The summed E-state index contributed by atoms with van der Waals surface area (Å²) in [5.74, 6) is 0.840. The van der Waals surface area contributed by atoms with E-state index in [0.717, 1.165) is 32.8 Å². The van der Waals surface area contributed by atoms with E-state index in [9.17, 15) is 9.50 Å². The summed E-state index contributed by atoms with van der Waals surface area (Å²) in [5, 5.41) is 0. The van der Waals surface area contributed by atoms with E-state index >= 15 is 0 Å². The van der Waals surface area contributed by atoms with Gasteiger partial charge in [-0.1, -0.05) is 0 Å². The summed E-state index contributed by atoms with van der Waals surface area (Å²) in [6.07, 6.45) is 4.97. The number of hydrogen-bond acceptors (Lipinski definition) is 3. The molecule has 0 aromatic heterocycles. The molecule has 0 aromatic rings. The number of aldehydes is 1. The van der Waals surface area contributed by atoms with Gasteiger partial charge in [-0.2, -0.15) is 0 Å². The third kappa shape index (κ3) is 1.59. The van der Waals surface area contributed by atoms with E-state index in [-0.39, 0.29) is 5.92 Å². The van der Waals surface area contributed by atoms with Crippen LogP contribution in [-0.2, 0) is 9.50 Å². The second kappa shape index (κ2) is 3.70. The van der Waals surface area contributed by atoms with Crippen LogP contribution in [0.4, 0.5) is 0 Å². The van der Waals surface area contributed by atoms with Gasteiger partial charge in [0.25, 0.3) is 0 Å². The van der Waals surface area contributed by atoms with Gasteiger partial charge in [-0.15, -0.1) is 0 Å². The Hall–Kier alpha value is -0.505. The van der Waals surface area contributed by atoms with Crippen molar-refractivity contribution in [2.45, 2.75) is 25.3 Å². The number of carbonyl (C=O) groups is 1. The van der Waals surface area contributed by atoms with Gasteiger partial charge in [-0.25, -0.2) is 0 Å². The molecule has 3 atom stereocenters. The van der Waals surface area contributed by atoms with Crippen LogP contribution in [0.25, 0.3) is 0 Å². The third-order valence-electron chi connectivity index (χ3n) is 3.42. The molecule has 2 aliphatic heterocycles. The van der Waals surface area contributed by atoms with Crippen molar-refractivity contribution in [2.75, 3.05) is 13.0 Å². The molecule has 1 aliphatic carbocycles. The summed E-state index contributed by atoms with van der Waals surface area (Å²) in [7, 11) is 0.947. The van der Waals surface area contributed by atoms with Gasteiger partial charge in [-0.05, 0) is 0 Å². The first-order valence-electron chi connectivity index (χ1n) is 4.98. The average molecular weight is 179 g/mol. The van der Waals surface area contributed by atoms with Crippen LogP contribution in [0.2, 0.25) is 0 Å². The number of piperidine rings is 2. The zero-order chi connectivity index (χ0) is 9.26. The van der Waals surface area contributed by atoms with Crippen molar-refractivity contribution < 1.29 is 9.50 Å². The number of fused-ring (bicyclic) bond motifs is 3. The molecule has 0 aromatic carbocycles. The van der Waals surface area contributed by atoms with Crippen molar-refractivity contribution in [1.29, 1.82) is 0 Å². The quantitative estimate of drug-likeness (QED) is 0.461. The van der Waals surface area contributed by atoms with E-state index in [4.69, 9.17) is 0 Å². The molecule has 2 saturated heterocycles. The molecule has 0 radical (unpaired) electrons. The van der Waals surface area contributed by atoms with Gasteiger partial charge >= 0.3 is 78.0 Å². The third-order valence-corrected chi connectivity index (χ3v) is 3.42. The van der Waals surface area contributed by atoms with Crippen LogP contribution in [0, 0.1) is 11.8 Å². The topological polar surface area (TPSA) is 37.4 Å². The average Bonchev–Trinajstić information content (AvgIpc) is 2.19. The van der Waals surface area contributed by atoms with E-state index in [2.05, 4.69) is 4.90 Å². The summed E-state index contributed by atoms with van der Waals surface area (Å²) in [5.41, 5.74) is 0. The summed E-state index contributed by atoms with van der Waals surface area (Å²) in [6, 6.07) is 0.354. The molecule has 2 bridgehead atoms. The molecule has 3 aliphatic rings. The molecule has 4 heteroatoms. The van der Waals surface area contributed by atoms with Crippen LogP contribution in [0.3, 0.4) is 0 Å². The molecule has 70 valence electrons. The van der Waals surface area contributed by atoms with Crippen molar-refractivity contribution >= 4 is 13.4 Å². The number of carbonyl (C=O) groups excluding carboxylic acids is 1. The summed E-state index contributed by atoms with van der Waals surface area (Å²) < 4.78 is 10.4. The Morgan fingerprint density at radius 1 is 1.46 bits per heavy atom. The molecule has 0 amide bonds. The molecule has 3 unspecified atom stereocenters. The Bertz CT molecular complexity index is 222. The molecule has 3 nitrogen and oxygen atoms in total. The van der Waals surface area contributed by atoms with E-state index < -0.39 is 0 Å². The van der Waals surface area contributed by atoms with Crippen LogP contribution in [-0.4, -0.2) is 37.4 Å². The number of hydrogen-bond donors (Lipinski definition) is 0. The zero-order valence-electron chi connectivity index (χ0n) is 7.69. The van der Waals surface area contributed by atoms with Crippen LogP contribution in [0.1, 0.15) is 19.3 Å². The minimum absolute atomic E-state index is 0.187. The summed E-state index contributed by atoms with van der Waals surface area (Å²) in [6.45, 7) is 1.02. The van der Waals surface area contributed by atoms with Crippen molar-refractivity contribution in [3.8, 4) is 0 Å². The van der Waals surface area contributed by atoms with E-state index in [1.807, 2.05) is 0 Å². The predicted molar refractivity (Wildman–Crippen MR) is 48.7 cm³/mol. The maximum atomic E-state index is 10.8. The van der Waals surface area contributed by atoms with E-state index in [1.165, 1.54) is 6.42 Å². The van der Waals surface area contributed by atoms with E-state index in [0.29, 0.717) is 18.4 Å². The van der Waals surface area contributed by atoms with Crippen LogP contribution in [0.5, 0.6) is 0 Å². The second-order valence-electron chi connectivity index (χ2n) is 4.17. The molecular weight excluding hydrogens is 165 g/mol. The molecule has 0 spiro atoms. The van der Waals surface area contributed by atoms with Gasteiger partial charge in [0.2, 0.25) is 0 Å². The molecule has 13 heavy (non-hydrogen) atoms. The molecule has 2 heterocycles. The fourth-order valence-corrected chi connectivity index (χ4v) is 2.82. The Kier molecular flexibility index (Phi) is 2.58. The van der Waals surface area contributed by atoms with Crippen molar-refractivity contribution in [2.24, 2.45) is 11.8 Å². The Labute approximate surface area is 78.7 Å². The van der Waals surface area contributed by atoms with Gasteiger partial charge in [-0.3, -0.25) is 0 Å². The van der Waals surface area contributed by atoms with Crippen LogP contribution in [0.15, 0.2) is 0 Å². The number of nitrogens with zero attached hydrogens (tertiary/aromatic N) is 1. The molecule has 0 N–H and O–H groups in total. The predicted octanol–water partition coefficient (Wildman–Crippen LogP) is 0.293. The first-order valence-corrected chi connectivity index (χ1v) is 4.98. The van der Waals surface area contributed by atoms with Gasteiger partial charge in [0, 0.05) is 0 Å². The Balaban J connectivity index is 2.07. The summed E-state index contributed by atoms with van der Waals surface area (Å²) in [4.78, 5) is 13.0. The zero-order valence-corrected chi connectivity index (χ0v) is 7.69. The standard InChI is InChI=1S/C9H14BNO2/c12-5-8-3-7-1-2-9(8)11(4-7)6-10-13/h5,7-9H,1-4,6H2. The van der Waals surface area contributed by atoms with Gasteiger partial charge in [0.05, 0.1) is 0 Å². The van der Waals surface area contributed by atoms with Crippen molar-refractivity contribution in [3.63, 3.8) is 0 Å². The Morgan fingerprint density at radius 3 is 2.92 bits per heavy atom. The fourth-order valence-electron chi connectivity index (χ4n) is 2.82. The minimum atomic E-state index is 0.187. The van der Waals surface area contributed by atoms with Crippen LogP contribution < -0.4 is 0 Å². The normalized spacial score (nSPS) is 38.6. The van der Waals surface area contributed by atoms with Crippen LogP contribution >= 0.6 is 0 Å². The van der Waals surface area contributed by atoms with Gasteiger partial charge in [0.15, 0.2) is 0 Å². The molecule has 1 saturated carbocycles.